The van der Waals surface area contributed by atoms with E-state index >= 15 is 0 Å². The Bertz CT molecular complexity index is 1510. The van der Waals surface area contributed by atoms with Gasteiger partial charge in [-0.2, -0.15) is 4.98 Å². The van der Waals surface area contributed by atoms with E-state index < -0.39 is 6.04 Å². The van der Waals surface area contributed by atoms with Gasteiger partial charge in [0.15, 0.2) is 5.82 Å². The second-order valence-electron chi connectivity index (χ2n) is 8.46. The molecule has 36 heavy (non-hydrogen) atoms. The van der Waals surface area contributed by atoms with E-state index in [4.69, 9.17) is 38.0 Å². The van der Waals surface area contributed by atoms with Gasteiger partial charge in [0, 0.05) is 16.3 Å². The van der Waals surface area contributed by atoms with E-state index in [1.54, 1.807) is 42.1 Å². The minimum atomic E-state index is -0.525. The average molecular weight is 520 g/mol. The number of halogens is 2. The molecule has 1 aliphatic rings. The van der Waals surface area contributed by atoms with Gasteiger partial charge in [-0.1, -0.05) is 65.2 Å². The Morgan fingerprint density at radius 3 is 2.61 bits per heavy atom. The molecule has 0 saturated carbocycles. The predicted octanol–water partition coefficient (Wildman–Crippen LogP) is 6.50. The zero-order valence-corrected chi connectivity index (χ0v) is 21.4. The lowest BCUT2D eigenvalue weighted by Crippen LogP contribution is -2.31. The van der Waals surface area contributed by atoms with Crippen LogP contribution in [-0.2, 0) is 4.79 Å². The fourth-order valence-electron chi connectivity index (χ4n) is 4.32. The summed E-state index contributed by atoms with van der Waals surface area (Å²) in [6.07, 6.45) is 0. The Morgan fingerprint density at radius 2 is 1.86 bits per heavy atom. The number of amides is 1. The Hall–Kier alpha value is -3.81. The number of aryl methyl sites for hydroxylation is 1. The monoisotopic (exact) mass is 519 g/mol. The molecule has 0 saturated heterocycles. The standard InChI is InChI=1S/C27H23Cl2N5O2/c1-15-7-6-8-17(13-15)24-23(26(35)31-21-9-4-5-10-22(21)36-3)16(2)30-27-32-25(33-34(24)27)19-12-11-18(28)14-20(19)29/h4-14,24H,1-3H3,(H,31,35)(H,30,32,33). The molecule has 0 radical (unpaired) electrons. The van der Waals surface area contributed by atoms with E-state index in [-0.39, 0.29) is 5.91 Å². The number of aromatic nitrogens is 3. The predicted molar refractivity (Wildman–Crippen MR) is 143 cm³/mol. The van der Waals surface area contributed by atoms with Crippen LogP contribution in [0.1, 0.15) is 24.1 Å². The van der Waals surface area contributed by atoms with E-state index in [9.17, 15) is 4.79 Å². The number of methoxy groups -OCH3 is 1. The van der Waals surface area contributed by atoms with E-state index in [0.29, 0.717) is 50.1 Å². The molecular weight excluding hydrogens is 497 g/mol. The number of hydrogen-bond donors (Lipinski definition) is 2. The Morgan fingerprint density at radius 1 is 1.06 bits per heavy atom. The van der Waals surface area contributed by atoms with E-state index in [0.717, 1.165) is 11.1 Å². The van der Waals surface area contributed by atoms with Crippen molar-refractivity contribution in [3.8, 4) is 17.1 Å². The molecule has 4 aromatic rings. The molecule has 3 aromatic carbocycles. The summed E-state index contributed by atoms with van der Waals surface area (Å²) in [5.74, 6) is 1.23. The number of hydrogen-bond acceptors (Lipinski definition) is 5. The summed E-state index contributed by atoms with van der Waals surface area (Å²) in [5, 5.41) is 12.0. The molecule has 0 spiro atoms. The van der Waals surface area contributed by atoms with E-state index in [1.165, 1.54) is 0 Å². The molecule has 1 amide bonds. The van der Waals surface area contributed by atoms with Gasteiger partial charge in [0.2, 0.25) is 5.95 Å². The molecule has 9 heteroatoms. The molecule has 1 atom stereocenters. The van der Waals surface area contributed by atoms with Crippen LogP contribution >= 0.6 is 23.2 Å². The van der Waals surface area contributed by atoms with Crippen molar-refractivity contribution in [2.45, 2.75) is 19.9 Å². The van der Waals surface area contributed by atoms with Gasteiger partial charge < -0.3 is 15.4 Å². The largest absolute Gasteiger partial charge is 0.495 e. The first-order chi connectivity index (χ1) is 17.4. The highest BCUT2D eigenvalue weighted by atomic mass is 35.5. The quantitative estimate of drug-likeness (QED) is 0.314. The first-order valence-electron chi connectivity index (χ1n) is 11.3. The molecule has 1 aliphatic heterocycles. The maximum Gasteiger partial charge on any atom is 0.255 e. The first kappa shape index (κ1) is 23.9. The normalized spacial score (nSPS) is 14.8. The number of para-hydroxylation sites is 2. The summed E-state index contributed by atoms with van der Waals surface area (Å²) in [6, 6.07) is 19.9. The molecule has 182 valence electrons. The van der Waals surface area contributed by atoms with Crippen LogP contribution in [0.15, 0.2) is 78.0 Å². The van der Waals surface area contributed by atoms with Crippen molar-refractivity contribution in [1.29, 1.82) is 0 Å². The summed E-state index contributed by atoms with van der Waals surface area (Å²) in [7, 11) is 1.57. The number of allylic oxidation sites excluding steroid dienone is 1. The van der Waals surface area contributed by atoms with Crippen LogP contribution in [-0.4, -0.2) is 27.8 Å². The van der Waals surface area contributed by atoms with Crippen LogP contribution in [0.3, 0.4) is 0 Å². The number of nitrogens with one attached hydrogen (secondary N) is 2. The molecule has 1 aromatic heterocycles. The van der Waals surface area contributed by atoms with Crippen molar-refractivity contribution in [2.75, 3.05) is 17.7 Å². The maximum absolute atomic E-state index is 13.7. The fraction of sp³-hybridized carbons (Fsp3) is 0.148. The van der Waals surface area contributed by atoms with Gasteiger partial charge in [0.25, 0.3) is 5.91 Å². The number of nitrogens with zero attached hydrogens (tertiary/aromatic N) is 3. The molecule has 1 unspecified atom stereocenters. The zero-order valence-electron chi connectivity index (χ0n) is 19.8. The summed E-state index contributed by atoms with van der Waals surface area (Å²) in [6.45, 7) is 3.87. The van der Waals surface area contributed by atoms with Crippen molar-refractivity contribution in [3.63, 3.8) is 0 Å². The fourth-order valence-corrected chi connectivity index (χ4v) is 4.81. The highest BCUT2D eigenvalue weighted by molar-refractivity contribution is 6.36. The highest BCUT2D eigenvalue weighted by Crippen LogP contribution is 2.38. The molecule has 5 rings (SSSR count). The van der Waals surface area contributed by atoms with Gasteiger partial charge in [-0.05, 0) is 49.7 Å². The summed E-state index contributed by atoms with van der Waals surface area (Å²) in [5.41, 5.74) is 4.37. The van der Waals surface area contributed by atoms with Crippen LogP contribution < -0.4 is 15.4 Å². The van der Waals surface area contributed by atoms with Crippen molar-refractivity contribution >= 4 is 40.7 Å². The number of carbonyl (C=O) groups is 1. The van der Waals surface area contributed by atoms with Crippen LogP contribution in [0.5, 0.6) is 5.75 Å². The first-order valence-corrected chi connectivity index (χ1v) is 12.0. The lowest BCUT2D eigenvalue weighted by molar-refractivity contribution is -0.113. The van der Waals surface area contributed by atoms with Gasteiger partial charge in [0.05, 0.1) is 23.4 Å². The van der Waals surface area contributed by atoms with Crippen molar-refractivity contribution in [1.82, 2.24) is 14.8 Å². The summed E-state index contributed by atoms with van der Waals surface area (Å²) >= 11 is 12.5. The molecule has 2 heterocycles. The molecule has 0 fully saturated rings. The number of carbonyl (C=O) groups excluding carboxylic acids is 1. The van der Waals surface area contributed by atoms with Crippen LogP contribution in [0, 0.1) is 6.92 Å². The minimum Gasteiger partial charge on any atom is -0.495 e. The lowest BCUT2D eigenvalue weighted by Gasteiger charge is -2.29. The zero-order chi connectivity index (χ0) is 25.4. The third-order valence-electron chi connectivity index (χ3n) is 5.98. The van der Waals surface area contributed by atoms with E-state index in [2.05, 4.69) is 10.6 Å². The molecule has 7 nitrogen and oxygen atoms in total. The van der Waals surface area contributed by atoms with Crippen molar-refractivity contribution < 1.29 is 9.53 Å². The number of ether oxygens (including phenoxy) is 1. The molecule has 0 bridgehead atoms. The Labute approximate surface area is 218 Å². The van der Waals surface area contributed by atoms with Gasteiger partial charge in [0.1, 0.15) is 11.8 Å². The Kier molecular flexibility index (Phi) is 6.43. The number of rotatable bonds is 5. The molecule has 2 N–H and O–H groups in total. The van der Waals surface area contributed by atoms with Gasteiger partial charge in [-0.3, -0.25) is 4.79 Å². The smallest absolute Gasteiger partial charge is 0.255 e. The SMILES string of the molecule is COc1ccccc1NC(=O)C1=C(C)Nc2nc(-c3ccc(Cl)cc3Cl)nn2C1c1cccc(C)c1. The number of benzene rings is 3. The second-order valence-corrected chi connectivity index (χ2v) is 9.31. The van der Waals surface area contributed by atoms with Crippen LogP contribution in [0.4, 0.5) is 11.6 Å². The third kappa shape index (κ3) is 4.43. The van der Waals surface area contributed by atoms with Crippen LogP contribution in [0.2, 0.25) is 10.0 Å². The second kappa shape index (κ2) is 9.68. The van der Waals surface area contributed by atoms with Gasteiger partial charge in [-0.25, -0.2) is 4.68 Å². The highest BCUT2D eigenvalue weighted by Gasteiger charge is 2.35. The molecule has 0 aliphatic carbocycles. The number of anilines is 2. The molecular formula is C27H23Cl2N5O2. The topological polar surface area (TPSA) is 81.1 Å². The van der Waals surface area contributed by atoms with Crippen molar-refractivity contribution in [2.24, 2.45) is 0 Å². The van der Waals surface area contributed by atoms with E-state index in [1.807, 2.05) is 50.2 Å². The third-order valence-corrected chi connectivity index (χ3v) is 6.53. The van der Waals surface area contributed by atoms with Crippen LogP contribution in [0.25, 0.3) is 11.4 Å². The average Bonchev–Trinajstić information content (AvgIpc) is 3.26. The van der Waals surface area contributed by atoms with Crippen molar-refractivity contribution in [3.05, 3.63) is 99.2 Å². The summed E-state index contributed by atoms with van der Waals surface area (Å²) in [4.78, 5) is 18.4. The number of fused-ring (bicyclic) bond motifs is 1. The van der Waals surface area contributed by atoms with Gasteiger partial charge in [-0.15, -0.1) is 5.10 Å². The maximum atomic E-state index is 13.7. The Balaban J connectivity index is 1.62. The summed E-state index contributed by atoms with van der Waals surface area (Å²) < 4.78 is 7.14. The minimum absolute atomic E-state index is 0.275. The van der Waals surface area contributed by atoms with Gasteiger partial charge >= 0.3 is 0 Å². The lowest BCUT2D eigenvalue weighted by atomic mass is 9.94.